The zero-order valence-electron chi connectivity index (χ0n) is 12.6. The maximum atomic E-state index is 12.1. The zero-order chi connectivity index (χ0) is 15.4. The average Bonchev–Trinajstić information content (AvgIpc) is 2.50. The third kappa shape index (κ3) is 3.00. The number of methoxy groups -OCH3 is 2. The molecular weight excluding hydrogens is 268 g/mol. The van der Waals surface area contributed by atoms with Crippen molar-refractivity contribution in [2.24, 2.45) is 5.92 Å². The Kier molecular flexibility index (Phi) is 4.81. The number of carbonyl (C=O) groups is 1. The summed E-state index contributed by atoms with van der Waals surface area (Å²) >= 11 is 0. The molecule has 0 saturated heterocycles. The molecular formula is C17H20O4. The zero-order valence-corrected chi connectivity index (χ0v) is 12.6. The number of aliphatic hydroxyl groups is 1. The van der Waals surface area contributed by atoms with Gasteiger partial charge in [-0.1, -0.05) is 12.1 Å². The molecule has 4 nitrogen and oxygen atoms in total. The SMILES string of the molecule is COc1ccc(C2=C(C)C=CC(=O)C2CCO)cc1OC. The van der Waals surface area contributed by atoms with Crippen LogP contribution in [0.3, 0.4) is 0 Å². The lowest BCUT2D eigenvalue weighted by molar-refractivity contribution is -0.117. The van der Waals surface area contributed by atoms with Gasteiger partial charge in [0.2, 0.25) is 0 Å². The highest BCUT2D eigenvalue weighted by molar-refractivity contribution is 6.04. The summed E-state index contributed by atoms with van der Waals surface area (Å²) in [5.74, 6) is 0.994. The summed E-state index contributed by atoms with van der Waals surface area (Å²) in [4.78, 5) is 12.1. The van der Waals surface area contributed by atoms with E-state index in [1.807, 2.05) is 31.2 Å². The minimum Gasteiger partial charge on any atom is -0.493 e. The molecule has 1 aromatic carbocycles. The molecule has 1 aliphatic rings. The Hall–Kier alpha value is -2.07. The molecule has 1 aromatic rings. The Balaban J connectivity index is 2.51. The van der Waals surface area contributed by atoms with Gasteiger partial charge in [0.1, 0.15) is 0 Å². The Labute approximate surface area is 124 Å². The van der Waals surface area contributed by atoms with E-state index >= 15 is 0 Å². The first-order chi connectivity index (χ1) is 10.1. The number of allylic oxidation sites excluding steroid dienone is 4. The Morgan fingerprint density at radius 2 is 1.86 bits per heavy atom. The predicted molar refractivity (Wildman–Crippen MR) is 81.5 cm³/mol. The van der Waals surface area contributed by atoms with E-state index in [2.05, 4.69) is 0 Å². The van der Waals surface area contributed by atoms with Crippen LogP contribution in [0.25, 0.3) is 5.57 Å². The number of hydrogen-bond acceptors (Lipinski definition) is 4. The lowest BCUT2D eigenvalue weighted by Gasteiger charge is -2.23. The molecule has 0 spiro atoms. The summed E-state index contributed by atoms with van der Waals surface area (Å²) in [5.41, 5.74) is 2.89. The lowest BCUT2D eigenvalue weighted by Crippen LogP contribution is -2.19. The van der Waals surface area contributed by atoms with E-state index in [0.29, 0.717) is 17.9 Å². The predicted octanol–water partition coefficient (Wildman–Crippen LogP) is 2.61. The van der Waals surface area contributed by atoms with E-state index in [4.69, 9.17) is 9.47 Å². The Morgan fingerprint density at radius 1 is 1.14 bits per heavy atom. The van der Waals surface area contributed by atoms with Gasteiger partial charge < -0.3 is 14.6 Å². The van der Waals surface area contributed by atoms with Crippen molar-refractivity contribution in [2.75, 3.05) is 20.8 Å². The quantitative estimate of drug-likeness (QED) is 0.905. The fraction of sp³-hybridized carbons (Fsp3) is 0.353. The smallest absolute Gasteiger partial charge is 0.163 e. The van der Waals surface area contributed by atoms with Crippen LogP contribution in [0.5, 0.6) is 11.5 Å². The molecule has 0 bridgehead atoms. The molecule has 21 heavy (non-hydrogen) atoms. The van der Waals surface area contributed by atoms with Crippen molar-refractivity contribution in [1.29, 1.82) is 0 Å². The summed E-state index contributed by atoms with van der Waals surface area (Å²) in [7, 11) is 3.17. The van der Waals surface area contributed by atoms with E-state index in [1.54, 1.807) is 20.3 Å². The summed E-state index contributed by atoms with van der Waals surface area (Å²) in [6, 6.07) is 5.61. The molecule has 1 atom stereocenters. The fourth-order valence-electron chi connectivity index (χ4n) is 2.68. The minimum absolute atomic E-state index is 0.0195. The number of carbonyl (C=O) groups excluding carboxylic acids is 1. The van der Waals surface area contributed by atoms with Gasteiger partial charge in [0, 0.05) is 12.5 Å². The van der Waals surface area contributed by atoms with Crippen LogP contribution in [0, 0.1) is 5.92 Å². The number of ether oxygens (including phenoxy) is 2. The first-order valence-electron chi connectivity index (χ1n) is 6.88. The van der Waals surface area contributed by atoms with Crippen LogP contribution in [-0.2, 0) is 4.79 Å². The van der Waals surface area contributed by atoms with Crippen LogP contribution in [0.1, 0.15) is 18.9 Å². The van der Waals surface area contributed by atoms with Gasteiger partial charge in [-0.15, -0.1) is 0 Å². The largest absolute Gasteiger partial charge is 0.493 e. The molecule has 0 saturated carbocycles. The van der Waals surface area contributed by atoms with Crippen LogP contribution < -0.4 is 9.47 Å². The second kappa shape index (κ2) is 6.59. The monoisotopic (exact) mass is 288 g/mol. The standard InChI is InChI=1S/C17H20O4/c1-11-4-6-14(19)13(8-9-18)17(11)12-5-7-15(20-2)16(10-12)21-3/h4-7,10,13,18H,8-9H2,1-3H3. The molecule has 0 heterocycles. The molecule has 0 aromatic heterocycles. The first kappa shape index (κ1) is 15.3. The van der Waals surface area contributed by atoms with E-state index in [0.717, 1.165) is 16.7 Å². The molecule has 0 aliphatic heterocycles. The van der Waals surface area contributed by atoms with Crippen LogP contribution in [0.2, 0.25) is 0 Å². The molecule has 2 rings (SSSR count). The highest BCUT2D eigenvalue weighted by Crippen LogP contribution is 2.37. The summed E-state index contributed by atoms with van der Waals surface area (Å²) in [5, 5.41) is 9.23. The normalized spacial score (nSPS) is 18.1. The van der Waals surface area contributed by atoms with Crippen molar-refractivity contribution in [3.05, 3.63) is 41.5 Å². The van der Waals surface area contributed by atoms with Crippen molar-refractivity contribution >= 4 is 11.4 Å². The van der Waals surface area contributed by atoms with Crippen molar-refractivity contribution in [1.82, 2.24) is 0 Å². The third-order valence-corrected chi connectivity index (χ3v) is 3.73. The average molecular weight is 288 g/mol. The third-order valence-electron chi connectivity index (χ3n) is 3.73. The van der Waals surface area contributed by atoms with E-state index in [9.17, 15) is 9.90 Å². The maximum absolute atomic E-state index is 12.1. The van der Waals surface area contributed by atoms with E-state index in [1.165, 1.54) is 0 Å². The first-order valence-corrected chi connectivity index (χ1v) is 6.88. The molecule has 112 valence electrons. The second-order valence-corrected chi connectivity index (χ2v) is 4.97. The van der Waals surface area contributed by atoms with Gasteiger partial charge in [-0.25, -0.2) is 0 Å². The van der Waals surface area contributed by atoms with E-state index < -0.39 is 0 Å². The Morgan fingerprint density at radius 3 is 2.48 bits per heavy atom. The number of hydrogen-bond donors (Lipinski definition) is 1. The topological polar surface area (TPSA) is 55.8 Å². The van der Waals surface area contributed by atoms with Crippen molar-refractivity contribution in [2.45, 2.75) is 13.3 Å². The van der Waals surface area contributed by atoms with Gasteiger partial charge >= 0.3 is 0 Å². The molecule has 1 aliphatic carbocycles. The van der Waals surface area contributed by atoms with Crippen LogP contribution in [-0.4, -0.2) is 31.7 Å². The van der Waals surface area contributed by atoms with Gasteiger partial charge in [0.05, 0.1) is 14.2 Å². The molecule has 0 fully saturated rings. The van der Waals surface area contributed by atoms with Crippen molar-refractivity contribution in [3.63, 3.8) is 0 Å². The highest BCUT2D eigenvalue weighted by Gasteiger charge is 2.26. The molecule has 0 amide bonds. The number of ketones is 1. The highest BCUT2D eigenvalue weighted by atomic mass is 16.5. The van der Waals surface area contributed by atoms with Gasteiger partial charge in [-0.2, -0.15) is 0 Å². The number of aliphatic hydroxyl groups excluding tert-OH is 1. The summed E-state index contributed by atoms with van der Waals surface area (Å²) in [6.45, 7) is 1.95. The van der Waals surface area contributed by atoms with E-state index in [-0.39, 0.29) is 18.3 Å². The van der Waals surface area contributed by atoms with Crippen LogP contribution in [0.15, 0.2) is 35.9 Å². The van der Waals surface area contributed by atoms with Gasteiger partial charge in [-0.05, 0) is 48.3 Å². The maximum Gasteiger partial charge on any atom is 0.163 e. The van der Waals surface area contributed by atoms with Gasteiger partial charge in [-0.3, -0.25) is 4.79 Å². The molecule has 4 heteroatoms. The fourth-order valence-corrected chi connectivity index (χ4v) is 2.68. The van der Waals surface area contributed by atoms with Gasteiger partial charge in [0.25, 0.3) is 0 Å². The second-order valence-electron chi connectivity index (χ2n) is 4.97. The van der Waals surface area contributed by atoms with Crippen LogP contribution >= 0.6 is 0 Å². The molecule has 1 N–H and O–H groups in total. The lowest BCUT2D eigenvalue weighted by atomic mass is 9.80. The van der Waals surface area contributed by atoms with Crippen molar-refractivity contribution < 1.29 is 19.4 Å². The summed E-state index contributed by atoms with van der Waals surface area (Å²) < 4.78 is 10.6. The summed E-state index contributed by atoms with van der Waals surface area (Å²) in [6.07, 6.45) is 3.83. The minimum atomic E-state index is -0.307. The number of benzene rings is 1. The van der Waals surface area contributed by atoms with Gasteiger partial charge in [0.15, 0.2) is 17.3 Å². The molecule has 0 radical (unpaired) electrons. The number of rotatable bonds is 5. The van der Waals surface area contributed by atoms with Crippen LogP contribution in [0.4, 0.5) is 0 Å². The Bertz CT molecular complexity index is 599. The van der Waals surface area contributed by atoms with Crippen molar-refractivity contribution in [3.8, 4) is 11.5 Å². The molecule has 1 unspecified atom stereocenters.